The highest BCUT2D eigenvalue weighted by atomic mass is 15.0. The monoisotopic (exact) mass is 132 g/mol. The molecule has 0 bridgehead atoms. The van der Waals surface area contributed by atoms with Crippen LogP contribution in [0.4, 0.5) is 5.82 Å². The average Bonchev–Trinajstić information content (AvgIpc) is 1.94. The van der Waals surface area contributed by atoms with Crippen molar-refractivity contribution >= 4 is 19.3 Å². The van der Waals surface area contributed by atoms with Gasteiger partial charge in [0.25, 0.3) is 0 Å². The van der Waals surface area contributed by atoms with Crippen LogP contribution in [0.25, 0.3) is 0 Å². The fourth-order valence-corrected chi connectivity index (χ4v) is 0.797. The smallest absolute Gasteiger partial charge is 0.141 e. The van der Waals surface area contributed by atoms with Crippen molar-refractivity contribution in [3.63, 3.8) is 0 Å². The third-order valence-corrected chi connectivity index (χ3v) is 1.36. The number of nitrogens with zero attached hydrogens (tertiary/aromatic N) is 1. The second kappa shape index (κ2) is 2.73. The number of anilines is 1. The van der Waals surface area contributed by atoms with E-state index in [4.69, 9.17) is 7.85 Å². The van der Waals surface area contributed by atoms with Crippen molar-refractivity contribution in [3.8, 4) is 0 Å². The molecule has 2 nitrogen and oxygen atoms in total. The molecule has 10 heavy (non-hydrogen) atoms. The molecule has 0 saturated carbocycles. The van der Waals surface area contributed by atoms with Gasteiger partial charge in [-0.05, 0) is 18.1 Å². The molecule has 0 aliphatic rings. The van der Waals surface area contributed by atoms with Crippen molar-refractivity contribution < 1.29 is 0 Å². The number of hydrogen-bond acceptors (Lipinski definition) is 2. The van der Waals surface area contributed by atoms with Gasteiger partial charge in [0.2, 0.25) is 0 Å². The van der Waals surface area contributed by atoms with E-state index in [9.17, 15) is 0 Å². The molecule has 0 spiro atoms. The highest BCUT2D eigenvalue weighted by Gasteiger charge is 1.94. The minimum Gasteiger partial charge on any atom is -0.373 e. The minimum atomic E-state index is 0.551. The van der Waals surface area contributed by atoms with Gasteiger partial charge in [0.1, 0.15) is 13.7 Å². The molecule has 0 aromatic carbocycles. The molecule has 1 heterocycles. The van der Waals surface area contributed by atoms with Crippen molar-refractivity contribution in [2.24, 2.45) is 0 Å². The first-order valence-electron chi connectivity index (χ1n) is 3.15. The van der Waals surface area contributed by atoms with Crippen molar-refractivity contribution in [1.82, 2.24) is 4.98 Å². The summed E-state index contributed by atoms with van der Waals surface area (Å²) in [5, 5.41) is 2.94. The highest BCUT2D eigenvalue weighted by molar-refractivity contribution is 6.30. The van der Waals surface area contributed by atoms with Gasteiger partial charge in [-0.2, -0.15) is 0 Å². The van der Waals surface area contributed by atoms with Gasteiger partial charge in [0.05, 0.1) is 0 Å². The Bertz CT molecular complexity index is 235. The summed E-state index contributed by atoms with van der Waals surface area (Å²) in [6, 6.07) is 3.73. The van der Waals surface area contributed by atoms with Gasteiger partial charge >= 0.3 is 0 Å². The number of aryl methyl sites for hydroxylation is 1. The average molecular weight is 132 g/mol. The van der Waals surface area contributed by atoms with E-state index in [1.807, 2.05) is 20.0 Å². The molecule has 1 N–H and O–H groups in total. The quantitative estimate of drug-likeness (QED) is 0.553. The maximum atomic E-state index is 5.45. The van der Waals surface area contributed by atoms with Crippen molar-refractivity contribution in [2.75, 3.05) is 12.4 Å². The summed E-state index contributed by atoms with van der Waals surface area (Å²) in [5.41, 5.74) is 1.66. The fourth-order valence-electron chi connectivity index (χ4n) is 0.797. The van der Waals surface area contributed by atoms with Crippen molar-refractivity contribution in [1.29, 1.82) is 0 Å². The van der Waals surface area contributed by atoms with Gasteiger partial charge in [-0.1, -0.05) is 12.1 Å². The topological polar surface area (TPSA) is 24.9 Å². The van der Waals surface area contributed by atoms with Crippen LogP contribution in [0.3, 0.4) is 0 Å². The summed E-state index contributed by atoms with van der Waals surface area (Å²) in [5.74, 6) is 0.847. The zero-order valence-electron chi connectivity index (χ0n) is 6.18. The summed E-state index contributed by atoms with van der Waals surface area (Å²) in [6.07, 6.45) is 0. The molecule has 50 valence electrons. The lowest BCUT2D eigenvalue weighted by Crippen LogP contribution is -2.10. The Balaban J connectivity index is 3.09. The first-order chi connectivity index (χ1) is 4.74. The van der Waals surface area contributed by atoms with E-state index >= 15 is 0 Å². The molecule has 1 rings (SSSR count). The van der Waals surface area contributed by atoms with Gasteiger partial charge in [0, 0.05) is 7.05 Å². The van der Waals surface area contributed by atoms with Crippen LogP contribution < -0.4 is 10.9 Å². The normalized spacial score (nSPS) is 9.40. The summed E-state index contributed by atoms with van der Waals surface area (Å²) in [7, 11) is 7.28. The molecule has 1 aromatic heterocycles. The summed E-state index contributed by atoms with van der Waals surface area (Å²) in [6.45, 7) is 1.98. The molecule has 0 amide bonds. The summed E-state index contributed by atoms with van der Waals surface area (Å²) < 4.78 is 0. The third kappa shape index (κ3) is 1.29. The summed E-state index contributed by atoms with van der Waals surface area (Å²) >= 11 is 0. The Hall–Kier alpha value is -0.985. The van der Waals surface area contributed by atoms with Crippen LogP contribution in [0.1, 0.15) is 5.56 Å². The Morgan fingerprint density at radius 3 is 2.70 bits per heavy atom. The molecule has 0 saturated heterocycles. The molecule has 0 atom stereocenters. The maximum absolute atomic E-state index is 5.45. The zero-order valence-corrected chi connectivity index (χ0v) is 6.18. The van der Waals surface area contributed by atoms with Crippen molar-refractivity contribution in [3.05, 3.63) is 17.7 Å². The number of nitrogens with one attached hydrogen (secondary N) is 1. The molecule has 3 heteroatoms. The molecule has 1 aromatic rings. The fraction of sp³-hybridized carbons (Fsp3) is 0.286. The third-order valence-electron chi connectivity index (χ3n) is 1.36. The second-order valence-corrected chi connectivity index (χ2v) is 2.15. The standard InChI is InChI=1S/C7H9BN2/c1-5-3-4-6(8)10-7(5)9-2/h3-4H,1-2H3,(H,9,10). The van der Waals surface area contributed by atoms with Crippen LogP contribution in [0.15, 0.2) is 12.1 Å². The van der Waals surface area contributed by atoms with Crippen molar-refractivity contribution in [2.45, 2.75) is 6.92 Å². The van der Waals surface area contributed by atoms with E-state index in [1.165, 1.54) is 0 Å². The van der Waals surface area contributed by atoms with E-state index in [-0.39, 0.29) is 0 Å². The lowest BCUT2D eigenvalue weighted by Gasteiger charge is -2.03. The predicted octanol–water partition coefficient (Wildman–Crippen LogP) is 0.226. The number of pyridine rings is 1. The number of rotatable bonds is 1. The molecule has 0 unspecified atom stereocenters. The number of hydrogen-bond donors (Lipinski definition) is 1. The Morgan fingerprint density at radius 1 is 1.50 bits per heavy atom. The second-order valence-electron chi connectivity index (χ2n) is 2.15. The van der Waals surface area contributed by atoms with Gasteiger partial charge in [-0.25, -0.2) is 4.98 Å². The lowest BCUT2D eigenvalue weighted by atomic mass is 10.0. The molecule has 0 aliphatic heterocycles. The Kier molecular flexibility index (Phi) is 1.95. The van der Waals surface area contributed by atoms with E-state index in [0.717, 1.165) is 11.4 Å². The van der Waals surface area contributed by atoms with Crippen LogP contribution in [-0.4, -0.2) is 19.9 Å². The maximum Gasteiger partial charge on any atom is 0.141 e. The molecule has 2 radical (unpaired) electrons. The van der Waals surface area contributed by atoms with E-state index in [2.05, 4.69) is 10.3 Å². The van der Waals surface area contributed by atoms with Crippen LogP contribution >= 0.6 is 0 Å². The van der Waals surface area contributed by atoms with Gasteiger partial charge in [-0.3, -0.25) is 0 Å². The molecule has 0 aliphatic carbocycles. The van der Waals surface area contributed by atoms with E-state index in [0.29, 0.717) is 5.59 Å². The van der Waals surface area contributed by atoms with Crippen LogP contribution in [0.2, 0.25) is 0 Å². The highest BCUT2D eigenvalue weighted by Crippen LogP contribution is 2.05. The molecular weight excluding hydrogens is 123 g/mol. The van der Waals surface area contributed by atoms with Crippen LogP contribution in [0.5, 0.6) is 0 Å². The minimum absolute atomic E-state index is 0.551. The Labute approximate surface area is 62.1 Å². The first kappa shape index (κ1) is 7.13. The lowest BCUT2D eigenvalue weighted by molar-refractivity contribution is 1.27. The van der Waals surface area contributed by atoms with E-state index < -0.39 is 0 Å². The van der Waals surface area contributed by atoms with E-state index in [1.54, 1.807) is 6.07 Å². The van der Waals surface area contributed by atoms with Crippen LogP contribution in [-0.2, 0) is 0 Å². The molecule has 0 fully saturated rings. The predicted molar refractivity (Wildman–Crippen MR) is 43.9 cm³/mol. The van der Waals surface area contributed by atoms with Gasteiger partial charge in [-0.15, -0.1) is 0 Å². The van der Waals surface area contributed by atoms with Crippen LogP contribution in [0, 0.1) is 6.92 Å². The molecular formula is C7H9BN2. The summed E-state index contributed by atoms with van der Waals surface area (Å²) in [4.78, 5) is 4.06. The SMILES string of the molecule is [B]c1ccc(C)c(NC)n1. The largest absolute Gasteiger partial charge is 0.373 e. The first-order valence-corrected chi connectivity index (χ1v) is 3.15. The zero-order chi connectivity index (χ0) is 7.56. The Morgan fingerprint density at radius 2 is 2.20 bits per heavy atom. The van der Waals surface area contributed by atoms with Gasteiger partial charge in [0.15, 0.2) is 0 Å². The van der Waals surface area contributed by atoms with Gasteiger partial charge < -0.3 is 5.32 Å². The number of aromatic nitrogens is 1.